The van der Waals surface area contributed by atoms with Crippen LogP contribution < -0.4 is 5.32 Å². The molecular weight excluding hydrogens is 178 g/mol. The van der Waals surface area contributed by atoms with Crippen molar-refractivity contribution in [3.05, 3.63) is 18.7 Å². The second kappa shape index (κ2) is 3.82. The first-order valence-electron chi connectivity index (χ1n) is 5.02. The van der Waals surface area contributed by atoms with Gasteiger partial charge in [-0.15, -0.1) is 0 Å². The molecule has 0 saturated heterocycles. The third-order valence-corrected chi connectivity index (χ3v) is 2.78. The lowest BCUT2D eigenvalue weighted by molar-refractivity contribution is -0.119. The standard InChI is InChI=1S/C10H15N3O/c1-8(14)12-9-3-2-4-10(9)13-6-5-11-7-13/h5-7,9-10H,2-4H2,1H3,(H,12,14)/t9-,10-/m1/s1. The van der Waals surface area contributed by atoms with E-state index in [9.17, 15) is 4.79 Å². The van der Waals surface area contributed by atoms with Crippen LogP contribution in [0.25, 0.3) is 0 Å². The highest BCUT2D eigenvalue weighted by atomic mass is 16.1. The van der Waals surface area contributed by atoms with E-state index in [1.165, 1.54) is 6.42 Å². The number of nitrogens with one attached hydrogen (secondary N) is 1. The average Bonchev–Trinajstić information content (AvgIpc) is 2.70. The fourth-order valence-electron chi connectivity index (χ4n) is 2.19. The lowest BCUT2D eigenvalue weighted by atomic mass is 10.1. The van der Waals surface area contributed by atoms with E-state index in [0.717, 1.165) is 12.8 Å². The number of amides is 1. The zero-order chi connectivity index (χ0) is 9.97. The number of carbonyl (C=O) groups excluding carboxylic acids is 1. The van der Waals surface area contributed by atoms with E-state index in [1.807, 2.05) is 12.5 Å². The summed E-state index contributed by atoms with van der Waals surface area (Å²) in [4.78, 5) is 15.0. The van der Waals surface area contributed by atoms with Gasteiger partial charge >= 0.3 is 0 Å². The van der Waals surface area contributed by atoms with E-state index in [2.05, 4.69) is 14.9 Å². The van der Waals surface area contributed by atoms with Gasteiger partial charge in [-0.1, -0.05) is 0 Å². The van der Waals surface area contributed by atoms with Crippen LogP contribution in [0.3, 0.4) is 0 Å². The van der Waals surface area contributed by atoms with Crippen LogP contribution in [0.4, 0.5) is 0 Å². The summed E-state index contributed by atoms with van der Waals surface area (Å²) >= 11 is 0. The van der Waals surface area contributed by atoms with E-state index in [-0.39, 0.29) is 11.9 Å². The Bertz CT molecular complexity index is 307. The smallest absolute Gasteiger partial charge is 0.217 e. The largest absolute Gasteiger partial charge is 0.352 e. The third-order valence-electron chi connectivity index (χ3n) is 2.78. The number of hydrogen-bond acceptors (Lipinski definition) is 2. The Morgan fingerprint density at radius 2 is 2.43 bits per heavy atom. The van der Waals surface area contributed by atoms with Crippen LogP contribution in [0.1, 0.15) is 32.2 Å². The van der Waals surface area contributed by atoms with Gasteiger partial charge in [0.15, 0.2) is 0 Å². The zero-order valence-corrected chi connectivity index (χ0v) is 8.31. The molecule has 76 valence electrons. The van der Waals surface area contributed by atoms with Crippen molar-refractivity contribution in [2.75, 3.05) is 0 Å². The van der Waals surface area contributed by atoms with Gasteiger partial charge in [-0.05, 0) is 19.3 Å². The number of imidazole rings is 1. The van der Waals surface area contributed by atoms with Crippen LogP contribution in [-0.2, 0) is 4.79 Å². The molecule has 1 heterocycles. The highest BCUT2D eigenvalue weighted by molar-refractivity contribution is 5.73. The fourth-order valence-corrected chi connectivity index (χ4v) is 2.19. The van der Waals surface area contributed by atoms with E-state index in [4.69, 9.17) is 0 Å². The second-order valence-electron chi connectivity index (χ2n) is 3.82. The molecule has 1 aliphatic rings. The van der Waals surface area contributed by atoms with Gasteiger partial charge in [-0.2, -0.15) is 0 Å². The van der Waals surface area contributed by atoms with Crippen LogP contribution in [0, 0.1) is 0 Å². The predicted molar refractivity (Wildman–Crippen MR) is 52.7 cm³/mol. The molecule has 0 aliphatic heterocycles. The molecule has 0 unspecified atom stereocenters. The Labute approximate surface area is 83.3 Å². The van der Waals surface area contributed by atoms with Crippen LogP contribution in [0.15, 0.2) is 18.7 Å². The van der Waals surface area contributed by atoms with E-state index >= 15 is 0 Å². The number of carbonyl (C=O) groups is 1. The van der Waals surface area contributed by atoms with Crippen LogP contribution in [-0.4, -0.2) is 21.5 Å². The molecule has 1 fully saturated rings. The third kappa shape index (κ3) is 1.78. The summed E-state index contributed by atoms with van der Waals surface area (Å²) in [7, 11) is 0. The maximum atomic E-state index is 11.0. The van der Waals surface area contributed by atoms with Crippen LogP contribution in [0.2, 0.25) is 0 Å². The van der Waals surface area contributed by atoms with Crippen molar-refractivity contribution in [3.63, 3.8) is 0 Å². The van der Waals surface area contributed by atoms with Crippen molar-refractivity contribution in [1.29, 1.82) is 0 Å². The summed E-state index contributed by atoms with van der Waals surface area (Å²) in [6, 6.07) is 0.670. The van der Waals surface area contributed by atoms with Gasteiger partial charge < -0.3 is 9.88 Å². The van der Waals surface area contributed by atoms with Gasteiger partial charge in [0.2, 0.25) is 5.91 Å². The summed E-state index contributed by atoms with van der Waals surface area (Å²) in [5.74, 6) is 0.0574. The number of aromatic nitrogens is 2. The molecule has 0 bridgehead atoms. The molecule has 1 aromatic rings. The highest BCUT2D eigenvalue weighted by Crippen LogP contribution is 2.29. The molecule has 1 aliphatic carbocycles. The maximum Gasteiger partial charge on any atom is 0.217 e. The van der Waals surface area contributed by atoms with E-state index in [1.54, 1.807) is 13.1 Å². The highest BCUT2D eigenvalue weighted by Gasteiger charge is 2.28. The van der Waals surface area contributed by atoms with Crippen LogP contribution in [0.5, 0.6) is 0 Å². The lowest BCUT2D eigenvalue weighted by Crippen LogP contribution is -2.36. The molecule has 2 rings (SSSR count). The van der Waals surface area contributed by atoms with Crippen molar-refractivity contribution in [3.8, 4) is 0 Å². The van der Waals surface area contributed by atoms with Crippen molar-refractivity contribution >= 4 is 5.91 Å². The molecule has 1 aromatic heterocycles. The molecule has 14 heavy (non-hydrogen) atoms. The zero-order valence-electron chi connectivity index (χ0n) is 8.31. The van der Waals surface area contributed by atoms with Crippen molar-refractivity contribution in [2.24, 2.45) is 0 Å². The second-order valence-corrected chi connectivity index (χ2v) is 3.82. The molecule has 0 aromatic carbocycles. The first-order valence-corrected chi connectivity index (χ1v) is 5.02. The molecule has 4 heteroatoms. The molecule has 1 N–H and O–H groups in total. The normalized spacial score (nSPS) is 26.4. The minimum absolute atomic E-state index is 0.0574. The fraction of sp³-hybridized carbons (Fsp3) is 0.600. The minimum Gasteiger partial charge on any atom is -0.352 e. The first kappa shape index (κ1) is 9.24. The number of rotatable bonds is 2. The Kier molecular flexibility index (Phi) is 2.52. The predicted octanol–water partition coefficient (Wildman–Crippen LogP) is 1.11. The van der Waals surface area contributed by atoms with Gasteiger partial charge in [0.25, 0.3) is 0 Å². The molecule has 2 atom stereocenters. The molecule has 4 nitrogen and oxygen atoms in total. The number of hydrogen-bond donors (Lipinski definition) is 1. The SMILES string of the molecule is CC(=O)N[C@@H]1CCC[C@H]1n1ccnc1. The average molecular weight is 193 g/mol. The Balaban J connectivity index is 2.07. The van der Waals surface area contributed by atoms with Gasteiger partial charge in [-0.25, -0.2) is 4.98 Å². The molecule has 0 radical (unpaired) electrons. The van der Waals surface area contributed by atoms with E-state index < -0.39 is 0 Å². The Morgan fingerprint density at radius 3 is 3.07 bits per heavy atom. The molecule has 0 spiro atoms. The monoisotopic (exact) mass is 193 g/mol. The molecule has 1 amide bonds. The van der Waals surface area contributed by atoms with Crippen molar-refractivity contribution < 1.29 is 4.79 Å². The first-order chi connectivity index (χ1) is 6.77. The summed E-state index contributed by atoms with van der Waals surface area (Å²) < 4.78 is 2.09. The molecular formula is C10H15N3O. The van der Waals surface area contributed by atoms with Gasteiger partial charge in [0.05, 0.1) is 12.4 Å². The lowest BCUT2D eigenvalue weighted by Gasteiger charge is -2.21. The summed E-state index contributed by atoms with van der Waals surface area (Å²) in [5.41, 5.74) is 0. The quantitative estimate of drug-likeness (QED) is 0.765. The minimum atomic E-state index is 0.0574. The van der Waals surface area contributed by atoms with Gasteiger partial charge in [0, 0.05) is 25.4 Å². The summed E-state index contributed by atoms with van der Waals surface area (Å²) in [6.45, 7) is 1.57. The topological polar surface area (TPSA) is 46.9 Å². The van der Waals surface area contributed by atoms with E-state index in [0.29, 0.717) is 6.04 Å². The summed E-state index contributed by atoms with van der Waals surface area (Å²) in [6.07, 6.45) is 8.94. The summed E-state index contributed by atoms with van der Waals surface area (Å²) in [5, 5.41) is 2.99. The molecule has 1 saturated carbocycles. The van der Waals surface area contributed by atoms with Gasteiger partial charge in [0.1, 0.15) is 0 Å². The van der Waals surface area contributed by atoms with Crippen molar-refractivity contribution in [1.82, 2.24) is 14.9 Å². The maximum absolute atomic E-state index is 11.0. The Hall–Kier alpha value is -1.32. The Morgan fingerprint density at radius 1 is 1.57 bits per heavy atom. The van der Waals surface area contributed by atoms with Crippen molar-refractivity contribution in [2.45, 2.75) is 38.3 Å². The van der Waals surface area contributed by atoms with Crippen LogP contribution >= 0.6 is 0 Å². The number of nitrogens with zero attached hydrogens (tertiary/aromatic N) is 2. The van der Waals surface area contributed by atoms with Gasteiger partial charge in [-0.3, -0.25) is 4.79 Å².